The van der Waals surface area contributed by atoms with Crippen molar-refractivity contribution in [2.24, 2.45) is 0 Å². The third-order valence-electron chi connectivity index (χ3n) is 1.63. The monoisotopic (exact) mass is 234 g/mol. The molecule has 86 valence electrons. The van der Waals surface area contributed by atoms with Gasteiger partial charge >= 0.3 is 5.69 Å². The summed E-state index contributed by atoms with van der Waals surface area (Å²) in [4.78, 5) is 19.7. The zero-order valence-corrected chi connectivity index (χ0v) is 7.88. The number of hydrogen-bond acceptors (Lipinski definition) is 3. The molecule has 5 nitrogen and oxygen atoms in total. The number of nitro groups is 1. The Morgan fingerprint density at radius 3 is 2.38 bits per heavy atom. The lowest BCUT2D eigenvalue weighted by Crippen LogP contribution is -2.12. The van der Waals surface area contributed by atoms with Crippen molar-refractivity contribution >= 4 is 17.3 Å². The number of nitrogens with one attached hydrogen (secondary N) is 1. The first kappa shape index (κ1) is 12.0. The Morgan fingerprint density at radius 1 is 1.38 bits per heavy atom. The van der Waals surface area contributed by atoms with E-state index in [0.717, 1.165) is 6.92 Å². The van der Waals surface area contributed by atoms with Gasteiger partial charge in [-0.05, 0) is 0 Å². The van der Waals surface area contributed by atoms with E-state index in [4.69, 9.17) is 0 Å². The van der Waals surface area contributed by atoms with E-state index in [2.05, 4.69) is 0 Å². The molecule has 0 aliphatic heterocycles. The molecule has 0 aliphatic carbocycles. The third-order valence-corrected chi connectivity index (χ3v) is 1.63. The molecular weight excluding hydrogens is 229 g/mol. The van der Waals surface area contributed by atoms with Gasteiger partial charge in [-0.3, -0.25) is 14.9 Å². The number of amides is 1. The summed E-state index contributed by atoms with van der Waals surface area (Å²) in [5.74, 6) is -5.78. The average Bonchev–Trinajstić information content (AvgIpc) is 2.13. The van der Waals surface area contributed by atoms with Gasteiger partial charge < -0.3 is 5.32 Å². The number of anilines is 1. The minimum Gasteiger partial charge on any atom is -0.318 e. The van der Waals surface area contributed by atoms with E-state index in [1.165, 1.54) is 0 Å². The minimum absolute atomic E-state index is 0.119. The molecule has 0 unspecified atom stereocenters. The van der Waals surface area contributed by atoms with Crippen molar-refractivity contribution < 1.29 is 22.9 Å². The minimum atomic E-state index is -1.82. The molecule has 0 atom stereocenters. The zero-order chi connectivity index (χ0) is 12.5. The molecule has 0 fully saturated rings. The molecule has 0 bridgehead atoms. The van der Waals surface area contributed by atoms with Gasteiger partial charge in [-0.1, -0.05) is 0 Å². The topological polar surface area (TPSA) is 72.2 Å². The second-order valence-electron chi connectivity index (χ2n) is 2.82. The van der Waals surface area contributed by atoms with E-state index < -0.39 is 39.7 Å². The predicted octanol–water partition coefficient (Wildman–Crippen LogP) is 1.97. The molecule has 1 amide bonds. The summed E-state index contributed by atoms with van der Waals surface area (Å²) in [5.41, 5.74) is -2.43. The lowest BCUT2D eigenvalue weighted by molar-refractivity contribution is -0.387. The predicted molar refractivity (Wildman–Crippen MR) is 47.3 cm³/mol. The summed E-state index contributed by atoms with van der Waals surface area (Å²) in [5, 5.41) is 12.1. The highest BCUT2D eigenvalue weighted by atomic mass is 19.2. The molecule has 0 saturated heterocycles. The number of halogens is 3. The van der Waals surface area contributed by atoms with Gasteiger partial charge in [0.15, 0.2) is 17.3 Å². The van der Waals surface area contributed by atoms with Crippen molar-refractivity contribution in [3.05, 3.63) is 33.6 Å². The highest BCUT2D eigenvalue weighted by Crippen LogP contribution is 2.32. The molecule has 0 aromatic heterocycles. The molecule has 0 saturated carbocycles. The molecule has 0 heterocycles. The van der Waals surface area contributed by atoms with Gasteiger partial charge in [-0.25, -0.2) is 8.78 Å². The van der Waals surface area contributed by atoms with E-state index in [0.29, 0.717) is 0 Å². The summed E-state index contributed by atoms with van der Waals surface area (Å²) in [7, 11) is 0. The quantitative estimate of drug-likeness (QED) is 0.483. The molecule has 0 aliphatic rings. The lowest BCUT2D eigenvalue weighted by Gasteiger charge is -2.05. The molecule has 1 N–H and O–H groups in total. The van der Waals surface area contributed by atoms with Gasteiger partial charge in [0.25, 0.3) is 0 Å². The first-order valence-corrected chi connectivity index (χ1v) is 3.94. The summed E-state index contributed by atoms with van der Waals surface area (Å²) in [6.45, 7) is 0.949. The van der Waals surface area contributed by atoms with Crippen molar-refractivity contribution in [1.29, 1.82) is 0 Å². The Labute approximate surface area is 87.0 Å². The van der Waals surface area contributed by atoms with Gasteiger partial charge in [0, 0.05) is 13.0 Å². The number of nitro benzene ring substituents is 1. The van der Waals surface area contributed by atoms with Crippen molar-refractivity contribution in [3.63, 3.8) is 0 Å². The zero-order valence-electron chi connectivity index (χ0n) is 7.88. The molecule has 1 rings (SSSR count). The van der Waals surface area contributed by atoms with Gasteiger partial charge in [0.2, 0.25) is 11.7 Å². The van der Waals surface area contributed by atoms with Crippen molar-refractivity contribution in [2.75, 3.05) is 5.32 Å². The highest BCUT2D eigenvalue weighted by Gasteiger charge is 2.28. The van der Waals surface area contributed by atoms with E-state index in [1.807, 2.05) is 0 Å². The van der Waals surface area contributed by atoms with E-state index >= 15 is 0 Å². The van der Waals surface area contributed by atoms with Crippen LogP contribution in [0.2, 0.25) is 0 Å². The Bertz CT molecular complexity index is 476. The van der Waals surface area contributed by atoms with Crippen LogP contribution in [0.25, 0.3) is 0 Å². The molecular formula is C8H5F3N2O3. The maximum atomic E-state index is 13.1. The van der Waals surface area contributed by atoms with E-state index in [1.54, 1.807) is 5.32 Å². The first-order valence-electron chi connectivity index (χ1n) is 3.94. The van der Waals surface area contributed by atoms with Crippen LogP contribution in [0.3, 0.4) is 0 Å². The van der Waals surface area contributed by atoms with Crippen molar-refractivity contribution in [3.8, 4) is 0 Å². The van der Waals surface area contributed by atoms with Gasteiger partial charge in [0.05, 0.1) is 4.92 Å². The Morgan fingerprint density at radius 2 is 1.94 bits per heavy atom. The summed E-state index contributed by atoms with van der Waals surface area (Å²) in [6, 6.07) is 0.119. The van der Waals surface area contributed by atoms with Gasteiger partial charge in [-0.2, -0.15) is 4.39 Å². The van der Waals surface area contributed by atoms with Crippen LogP contribution in [0.4, 0.5) is 24.5 Å². The second kappa shape index (κ2) is 4.17. The van der Waals surface area contributed by atoms with Crippen LogP contribution in [-0.4, -0.2) is 10.8 Å². The smallest absolute Gasteiger partial charge is 0.318 e. The third kappa shape index (κ3) is 2.10. The molecule has 1 aromatic rings. The number of rotatable bonds is 2. The molecule has 8 heteroatoms. The summed E-state index contributed by atoms with van der Waals surface area (Å²) in [6.07, 6.45) is 0. The average molecular weight is 234 g/mol. The van der Waals surface area contributed by atoms with E-state index in [9.17, 15) is 28.1 Å². The van der Waals surface area contributed by atoms with Gasteiger partial charge in [0.1, 0.15) is 0 Å². The van der Waals surface area contributed by atoms with Crippen LogP contribution >= 0.6 is 0 Å². The molecule has 0 radical (unpaired) electrons. The van der Waals surface area contributed by atoms with Crippen LogP contribution in [0.1, 0.15) is 6.92 Å². The lowest BCUT2D eigenvalue weighted by atomic mass is 10.2. The number of carbonyl (C=O) groups is 1. The second-order valence-corrected chi connectivity index (χ2v) is 2.82. The fourth-order valence-corrected chi connectivity index (χ4v) is 1.05. The number of benzene rings is 1. The summed E-state index contributed by atoms with van der Waals surface area (Å²) < 4.78 is 38.8. The molecule has 16 heavy (non-hydrogen) atoms. The number of carbonyl (C=O) groups excluding carboxylic acids is 1. The van der Waals surface area contributed by atoms with E-state index in [-0.39, 0.29) is 6.07 Å². The SMILES string of the molecule is CC(=O)Nc1c(F)cc(F)c(F)c1[N+](=O)[O-]. The fraction of sp³-hybridized carbons (Fsp3) is 0.125. The number of nitrogens with zero attached hydrogens (tertiary/aromatic N) is 1. The van der Waals surface area contributed by atoms with Crippen LogP contribution < -0.4 is 5.32 Å². The highest BCUT2D eigenvalue weighted by molar-refractivity contribution is 5.91. The first-order chi connectivity index (χ1) is 7.34. The normalized spacial score (nSPS) is 10.0. The van der Waals surface area contributed by atoms with Crippen LogP contribution in [-0.2, 0) is 4.79 Å². The summed E-state index contributed by atoms with van der Waals surface area (Å²) >= 11 is 0. The van der Waals surface area contributed by atoms with Crippen LogP contribution in [0.15, 0.2) is 6.07 Å². The molecule has 0 spiro atoms. The Hall–Kier alpha value is -2.12. The largest absolute Gasteiger partial charge is 0.334 e. The molecule has 1 aromatic carbocycles. The van der Waals surface area contributed by atoms with Crippen molar-refractivity contribution in [1.82, 2.24) is 0 Å². The fourth-order valence-electron chi connectivity index (χ4n) is 1.05. The maximum Gasteiger partial charge on any atom is 0.334 e. The standard InChI is InChI=1S/C8H5F3N2O3/c1-3(14)12-7-5(10)2-4(9)6(11)8(7)13(15)16/h2H,1H3,(H,12,14). The van der Waals surface area contributed by atoms with Gasteiger partial charge in [-0.15, -0.1) is 0 Å². The van der Waals surface area contributed by atoms with Crippen LogP contribution in [0, 0.1) is 27.6 Å². The Balaban J connectivity index is 3.50. The Kier molecular flexibility index (Phi) is 3.11. The van der Waals surface area contributed by atoms with Crippen molar-refractivity contribution in [2.45, 2.75) is 6.92 Å². The maximum absolute atomic E-state index is 13.1. The number of hydrogen-bond donors (Lipinski definition) is 1. The van der Waals surface area contributed by atoms with Crippen LogP contribution in [0.5, 0.6) is 0 Å².